The molecule has 3 rings (SSSR count). The Morgan fingerprint density at radius 2 is 1.30 bits per heavy atom. The molecule has 0 aliphatic heterocycles. The van der Waals surface area contributed by atoms with E-state index in [0.717, 1.165) is 11.1 Å². The summed E-state index contributed by atoms with van der Waals surface area (Å²) in [6, 6.07) is 24.6. The van der Waals surface area contributed by atoms with Crippen LogP contribution in [-0.2, 0) is 14.8 Å². The van der Waals surface area contributed by atoms with Crippen LogP contribution in [0.4, 0.5) is 5.69 Å². The van der Waals surface area contributed by atoms with Gasteiger partial charge >= 0.3 is 0 Å². The van der Waals surface area contributed by atoms with Gasteiger partial charge < -0.3 is 5.32 Å². The van der Waals surface area contributed by atoms with Gasteiger partial charge in [0, 0.05) is 5.69 Å². The molecule has 0 aliphatic carbocycles. The van der Waals surface area contributed by atoms with Crippen LogP contribution in [0, 0.1) is 0 Å². The fourth-order valence-corrected chi connectivity index (χ4v) is 3.55. The van der Waals surface area contributed by atoms with E-state index in [1.807, 2.05) is 60.7 Å². The monoisotopic (exact) mass is 440 g/mol. The maximum atomic E-state index is 12.9. The van der Waals surface area contributed by atoms with E-state index in [1.165, 1.54) is 24.3 Å². The van der Waals surface area contributed by atoms with E-state index >= 15 is 0 Å². The minimum absolute atomic E-state index is 0.00575. The first-order valence-corrected chi connectivity index (χ1v) is 10.9. The van der Waals surface area contributed by atoms with E-state index < -0.39 is 15.9 Å². The van der Waals surface area contributed by atoms with Crippen molar-refractivity contribution in [1.29, 1.82) is 0 Å². The summed E-state index contributed by atoms with van der Waals surface area (Å²) in [5, 5.41) is 8.09. The van der Waals surface area contributed by atoms with Gasteiger partial charge in [-0.05, 0) is 47.6 Å². The molecule has 0 aromatic heterocycles. The normalized spacial score (nSPS) is 11.0. The molecule has 0 spiro atoms. The number of nitrogens with one attached hydrogen (secondary N) is 3. The highest BCUT2D eigenvalue weighted by Gasteiger charge is 2.22. The lowest BCUT2D eigenvalue weighted by Crippen LogP contribution is -2.45. The number of amides is 1. The molecular formula is C21H20N4O3S2. The molecule has 3 aromatic rings. The average molecular weight is 441 g/mol. The van der Waals surface area contributed by atoms with E-state index in [1.54, 1.807) is 0 Å². The molecule has 0 saturated carbocycles. The SMILES string of the molecule is NS(=O)(=O)c1ccc(NC(=S)NNC(=O)C(c2ccccc2)c2ccccc2)cc1. The summed E-state index contributed by atoms with van der Waals surface area (Å²) in [6.07, 6.45) is 0. The predicted octanol–water partition coefficient (Wildman–Crippen LogP) is 2.48. The summed E-state index contributed by atoms with van der Waals surface area (Å²) in [4.78, 5) is 12.9. The highest BCUT2D eigenvalue weighted by atomic mass is 32.2. The van der Waals surface area contributed by atoms with Crippen LogP contribution in [0.2, 0.25) is 0 Å². The third-order valence-electron chi connectivity index (χ3n) is 4.27. The average Bonchev–Trinajstić information content (AvgIpc) is 2.74. The van der Waals surface area contributed by atoms with E-state index in [4.69, 9.17) is 17.4 Å². The fraction of sp³-hybridized carbons (Fsp3) is 0.0476. The molecule has 0 saturated heterocycles. The fourth-order valence-electron chi connectivity index (χ4n) is 2.87. The largest absolute Gasteiger partial charge is 0.331 e. The van der Waals surface area contributed by atoms with Crippen molar-refractivity contribution in [1.82, 2.24) is 10.9 Å². The number of nitrogens with two attached hydrogens (primary N) is 1. The van der Waals surface area contributed by atoms with Crippen LogP contribution < -0.4 is 21.3 Å². The first kappa shape index (κ1) is 21.4. The quantitative estimate of drug-likeness (QED) is 0.358. The lowest BCUT2D eigenvalue weighted by Gasteiger charge is -2.19. The number of sulfonamides is 1. The van der Waals surface area contributed by atoms with Gasteiger partial charge in [0.2, 0.25) is 15.9 Å². The first-order chi connectivity index (χ1) is 14.3. The Kier molecular flexibility index (Phi) is 6.78. The van der Waals surface area contributed by atoms with Crippen molar-refractivity contribution in [2.45, 2.75) is 10.8 Å². The number of anilines is 1. The van der Waals surface area contributed by atoms with Crippen LogP contribution in [0.25, 0.3) is 0 Å². The molecule has 0 bridgehead atoms. The Hall–Kier alpha value is -3.27. The number of carbonyl (C=O) groups is 1. The summed E-state index contributed by atoms with van der Waals surface area (Å²) < 4.78 is 22.6. The van der Waals surface area contributed by atoms with Gasteiger partial charge in [0.15, 0.2) is 5.11 Å². The lowest BCUT2D eigenvalue weighted by molar-refractivity contribution is -0.122. The summed E-state index contributed by atoms with van der Waals surface area (Å²) in [6.45, 7) is 0. The zero-order valence-electron chi connectivity index (χ0n) is 15.8. The summed E-state index contributed by atoms with van der Waals surface area (Å²) in [5.74, 6) is -0.794. The molecule has 0 radical (unpaired) electrons. The summed E-state index contributed by atoms with van der Waals surface area (Å²) in [5.41, 5.74) is 7.53. The van der Waals surface area contributed by atoms with Crippen LogP contribution in [0.5, 0.6) is 0 Å². The molecule has 3 aromatic carbocycles. The van der Waals surface area contributed by atoms with Crippen LogP contribution in [-0.4, -0.2) is 19.4 Å². The Morgan fingerprint density at radius 1 is 0.800 bits per heavy atom. The van der Waals surface area contributed by atoms with E-state index in [2.05, 4.69) is 16.2 Å². The van der Waals surface area contributed by atoms with Crippen LogP contribution in [0.1, 0.15) is 17.0 Å². The first-order valence-electron chi connectivity index (χ1n) is 8.94. The van der Waals surface area contributed by atoms with Crippen LogP contribution >= 0.6 is 12.2 Å². The second-order valence-electron chi connectivity index (χ2n) is 6.39. The summed E-state index contributed by atoms with van der Waals surface area (Å²) >= 11 is 5.20. The number of hydrazine groups is 1. The number of rotatable bonds is 5. The number of benzene rings is 3. The predicted molar refractivity (Wildman–Crippen MR) is 120 cm³/mol. The molecule has 9 heteroatoms. The third kappa shape index (κ3) is 5.63. The zero-order chi connectivity index (χ0) is 21.6. The van der Waals surface area contributed by atoms with E-state index in [0.29, 0.717) is 5.69 Å². The summed E-state index contributed by atoms with van der Waals surface area (Å²) in [7, 11) is -3.77. The molecule has 7 nitrogen and oxygen atoms in total. The topological polar surface area (TPSA) is 113 Å². The second-order valence-corrected chi connectivity index (χ2v) is 8.36. The van der Waals surface area contributed by atoms with Gasteiger partial charge in [0.1, 0.15) is 0 Å². The number of primary sulfonamides is 1. The maximum Gasteiger partial charge on any atom is 0.250 e. The van der Waals surface area contributed by atoms with Gasteiger partial charge in [-0.2, -0.15) is 0 Å². The van der Waals surface area contributed by atoms with Crippen molar-refractivity contribution >= 4 is 38.9 Å². The van der Waals surface area contributed by atoms with Crippen molar-refractivity contribution < 1.29 is 13.2 Å². The molecule has 0 atom stereocenters. The number of hydrogen-bond donors (Lipinski definition) is 4. The van der Waals surface area contributed by atoms with Crippen molar-refractivity contribution in [2.75, 3.05) is 5.32 Å². The van der Waals surface area contributed by atoms with Crippen LogP contribution in [0.3, 0.4) is 0 Å². The highest BCUT2D eigenvalue weighted by Crippen LogP contribution is 2.24. The van der Waals surface area contributed by atoms with Gasteiger partial charge in [-0.1, -0.05) is 60.7 Å². The molecule has 5 N–H and O–H groups in total. The minimum Gasteiger partial charge on any atom is -0.331 e. The molecule has 30 heavy (non-hydrogen) atoms. The van der Waals surface area contributed by atoms with Gasteiger partial charge in [0.25, 0.3) is 0 Å². The highest BCUT2D eigenvalue weighted by molar-refractivity contribution is 7.89. The molecule has 0 aliphatic rings. The van der Waals surface area contributed by atoms with Crippen molar-refractivity contribution in [3.05, 3.63) is 96.1 Å². The standard InChI is InChI=1S/C21H20N4O3S2/c22-30(27,28)18-13-11-17(12-14-18)23-21(29)25-24-20(26)19(15-7-3-1-4-8-15)16-9-5-2-6-10-16/h1-14,19H,(H,24,26)(H2,22,27,28)(H2,23,25,29). The lowest BCUT2D eigenvalue weighted by atomic mass is 9.91. The second kappa shape index (κ2) is 9.49. The van der Waals surface area contributed by atoms with Crippen LogP contribution in [0.15, 0.2) is 89.8 Å². The van der Waals surface area contributed by atoms with Gasteiger partial charge in [-0.25, -0.2) is 13.6 Å². The van der Waals surface area contributed by atoms with Crippen molar-refractivity contribution in [3.63, 3.8) is 0 Å². The van der Waals surface area contributed by atoms with Gasteiger partial charge in [-0.3, -0.25) is 15.6 Å². The number of carbonyl (C=O) groups excluding carboxylic acids is 1. The number of thiocarbonyl (C=S) groups is 1. The molecule has 1 amide bonds. The molecule has 0 heterocycles. The molecular weight excluding hydrogens is 420 g/mol. The Bertz CT molecular complexity index is 1080. The van der Waals surface area contributed by atoms with Gasteiger partial charge in [0.05, 0.1) is 10.8 Å². The minimum atomic E-state index is -3.77. The van der Waals surface area contributed by atoms with Gasteiger partial charge in [-0.15, -0.1) is 0 Å². The van der Waals surface area contributed by atoms with Crippen molar-refractivity contribution in [2.24, 2.45) is 5.14 Å². The Labute approximate surface area is 180 Å². The number of hydrogen-bond acceptors (Lipinski definition) is 4. The Balaban J connectivity index is 1.66. The van der Waals surface area contributed by atoms with Crippen molar-refractivity contribution in [3.8, 4) is 0 Å². The molecule has 0 fully saturated rings. The van der Waals surface area contributed by atoms with E-state index in [9.17, 15) is 13.2 Å². The molecule has 0 unspecified atom stereocenters. The third-order valence-corrected chi connectivity index (χ3v) is 5.40. The molecule has 154 valence electrons. The zero-order valence-corrected chi connectivity index (χ0v) is 17.4. The maximum absolute atomic E-state index is 12.9. The Morgan fingerprint density at radius 3 is 1.77 bits per heavy atom. The smallest absolute Gasteiger partial charge is 0.250 e. The van der Waals surface area contributed by atoms with E-state index in [-0.39, 0.29) is 15.9 Å².